The van der Waals surface area contributed by atoms with Crippen LogP contribution in [-0.4, -0.2) is 16.1 Å². The molecule has 3 nitrogen and oxygen atoms in total. The van der Waals surface area contributed by atoms with Crippen molar-refractivity contribution in [3.05, 3.63) is 35.8 Å². The molecule has 0 aliphatic carbocycles. The third-order valence-electron chi connectivity index (χ3n) is 2.34. The molecule has 78 valence electrons. The van der Waals surface area contributed by atoms with E-state index in [2.05, 4.69) is 4.98 Å². The maximum atomic E-state index is 13.0. The van der Waals surface area contributed by atoms with E-state index in [-0.39, 0.29) is 12.2 Å². The average Bonchev–Trinajstić information content (AvgIpc) is 2.57. The van der Waals surface area contributed by atoms with Crippen LogP contribution in [0.1, 0.15) is 12.0 Å². The first-order valence-electron chi connectivity index (χ1n) is 4.64. The summed E-state index contributed by atoms with van der Waals surface area (Å²) in [4.78, 5) is 13.4. The second-order valence-corrected chi connectivity index (χ2v) is 3.40. The average molecular weight is 207 g/mol. The van der Waals surface area contributed by atoms with E-state index < -0.39 is 5.97 Å². The van der Waals surface area contributed by atoms with Gasteiger partial charge in [-0.2, -0.15) is 0 Å². The zero-order valence-electron chi connectivity index (χ0n) is 7.96. The second-order valence-electron chi connectivity index (χ2n) is 3.40. The SMILES string of the molecule is O=C(O)CCc1c[nH]c2ccc(F)cc12. The number of aromatic nitrogens is 1. The van der Waals surface area contributed by atoms with Crippen LogP contribution in [-0.2, 0) is 11.2 Å². The van der Waals surface area contributed by atoms with Crippen LogP contribution in [0.25, 0.3) is 10.9 Å². The van der Waals surface area contributed by atoms with Crippen molar-refractivity contribution in [2.45, 2.75) is 12.8 Å². The van der Waals surface area contributed by atoms with Crippen molar-refractivity contribution < 1.29 is 14.3 Å². The molecular formula is C11H10FNO2. The number of aromatic amines is 1. The number of H-pyrrole nitrogens is 1. The van der Waals surface area contributed by atoms with Gasteiger partial charge in [0, 0.05) is 23.5 Å². The molecule has 4 heteroatoms. The van der Waals surface area contributed by atoms with E-state index in [0.29, 0.717) is 6.42 Å². The molecule has 0 fully saturated rings. The lowest BCUT2D eigenvalue weighted by Crippen LogP contribution is -1.96. The fraction of sp³-hybridized carbons (Fsp3) is 0.182. The van der Waals surface area contributed by atoms with Gasteiger partial charge in [-0.1, -0.05) is 0 Å². The number of halogens is 1. The number of aliphatic carboxylic acids is 1. The highest BCUT2D eigenvalue weighted by molar-refractivity contribution is 5.83. The molecule has 0 spiro atoms. The minimum Gasteiger partial charge on any atom is -0.481 e. The lowest BCUT2D eigenvalue weighted by Gasteiger charge is -1.96. The molecule has 0 aliphatic rings. The van der Waals surface area contributed by atoms with Crippen molar-refractivity contribution in [3.63, 3.8) is 0 Å². The van der Waals surface area contributed by atoms with Gasteiger partial charge in [-0.25, -0.2) is 4.39 Å². The zero-order valence-corrected chi connectivity index (χ0v) is 7.96. The summed E-state index contributed by atoms with van der Waals surface area (Å²) in [6, 6.07) is 4.44. The smallest absolute Gasteiger partial charge is 0.303 e. The zero-order chi connectivity index (χ0) is 10.8. The maximum Gasteiger partial charge on any atom is 0.303 e. The number of fused-ring (bicyclic) bond motifs is 1. The number of hydrogen-bond donors (Lipinski definition) is 2. The Morgan fingerprint density at radius 1 is 1.47 bits per heavy atom. The molecule has 0 aliphatic heterocycles. The predicted molar refractivity (Wildman–Crippen MR) is 54.2 cm³/mol. The molecule has 2 N–H and O–H groups in total. The number of carbonyl (C=O) groups is 1. The highest BCUT2D eigenvalue weighted by atomic mass is 19.1. The highest BCUT2D eigenvalue weighted by Gasteiger charge is 2.06. The highest BCUT2D eigenvalue weighted by Crippen LogP contribution is 2.20. The number of rotatable bonds is 3. The number of hydrogen-bond acceptors (Lipinski definition) is 1. The third kappa shape index (κ3) is 1.98. The first-order chi connectivity index (χ1) is 7.16. The van der Waals surface area contributed by atoms with Crippen LogP contribution in [0.2, 0.25) is 0 Å². The predicted octanol–water partition coefficient (Wildman–Crippen LogP) is 2.32. The minimum absolute atomic E-state index is 0.0590. The Morgan fingerprint density at radius 2 is 2.27 bits per heavy atom. The standard InChI is InChI=1S/C11H10FNO2/c12-8-2-3-10-9(5-8)7(6-13-10)1-4-11(14)15/h2-3,5-6,13H,1,4H2,(H,14,15). The third-order valence-corrected chi connectivity index (χ3v) is 2.34. The summed E-state index contributed by atoms with van der Waals surface area (Å²) in [5, 5.41) is 9.32. The summed E-state index contributed by atoms with van der Waals surface area (Å²) in [7, 11) is 0. The van der Waals surface area contributed by atoms with E-state index in [9.17, 15) is 9.18 Å². The van der Waals surface area contributed by atoms with Gasteiger partial charge in [-0.05, 0) is 30.2 Å². The molecular weight excluding hydrogens is 197 g/mol. The number of carboxylic acids is 1. The number of aryl methyl sites for hydroxylation is 1. The van der Waals surface area contributed by atoms with Crippen LogP contribution in [0, 0.1) is 5.82 Å². The Hall–Kier alpha value is -1.84. The van der Waals surface area contributed by atoms with Crippen molar-refractivity contribution >= 4 is 16.9 Å². The van der Waals surface area contributed by atoms with Crippen molar-refractivity contribution in [1.82, 2.24) is 4.98 Å². The van der Waals surface area contributed by atoms with E-state index in [1.54, 1.807) is 12.3 Å². The number of benzene rings is 1. The molecule has 1 heterocycles. The van der Waals surface area contributed by atoms with E-state index in [4.69, 9.17) is 5.11 Å². The normalized spacial score (nSPS) is 10.7. The first-order valence-corrected chi connectivity index (χ1v) is 4.64. The molecule has 15 heavy (non-hydrogen) atoms. The van der Waals surface area contributed by atoms with Gasteiger partial charge in [-0.3, -0.25) is 4.79 Å². The van der Waals surface area contributed by atoms with Crippen molar-refractivity contribution in [3.8, 4) is 0 Å². The monoisotopic (exact) mass is 207 g/mol. The Morgan fingerprint density at radius 3 is 3.00 bits per heavy atom. The van der Waals surface area contributed by atoms with E-state index in [0.717, 1.165) is 16.5 Å². The Bertz CT molecular complexity index is 504. The maximum absolute atomic E-state index is 13.0. The molecule has 0 radical (unpaired) electrons. The summed E-state index contributed by atoms with van der Waals surface area (Å²) in [5.74, 6) is -1.15. The van der Waals surface area contributed by atoms with Gasteiger partial charge in [0.1, 0.15) is 5.82 Å². The minimum atomic E-state index is -0.847. The van der Waals surface area contributed by atoms with E-state index in [1.807, 2.05) is 0 Å². The lowest BCUT2D eigenvalue weighted by molar-refractivity contribution is -0.136. The summed E-state index contributed by atoms with van der Waals surface area (Å²) < 4.78 is 13.0. The summed E-state index contributed by atoms with van der Waals surface area (Å²) in [5.41, 5.74) is 1.67. The Labute approximate surface area is 85.5 Å². The fourth-order valence-corrected chi connectivity index (χ4v) is 1.60. The van der Waals surface area contributed by atoms with Crippen molar-refractivity contribution in [1.29, 1.82) is 0 Å². The molecule has 1 aromatic heterocycles. The van der Waals surface area contributed by atoms with Crippen LogP contribution in [0.5, 0.6) is 0 Å². The quantitative estimate of drug-likeness (QED) is 0.811. The van der Waals surface area contributed by atoms with Gasteiger partial charge in [0.2, 0.25) is 0 Å². The second kappa shape index (κ2) is 3.73. The van der Waals surface area contributed by atoms with Gasteiger partial charge in [0.25, 0.3) is 0 Å². The van der Waals surface area contributed by atoms with Crippen LogP contribution >= 0.6 is 0 Å². The molecule has 0 bridgehead atoms. The van der Waals surface area contributed by atoms with Crippen LogP contribution in [0.3, 0.4) is 0 Å². The summed E-state index contributed by atoms with van der Waals surface area (Å²) >= 11 is 0. The summed E-state index contributed by atoms with van der Waals surface area (Å²) in [6.45, 7) is 0. The van der Waals surface area contributed by atoms with Crippen molar-refractivity contribution in [2.75, 3.05) is 0 Å². The van der Waals surface area contributed by atoms with Gasteiger partial charge >= 0.3 is 5.97 Å². The fourth-order valence-electron chi connectivity index (χ4n) is 1.60. The molecule has 2 aromatic rings. The van der Waals surface area contributed by atoms with Crippen molar-refractivity contribution in [2.24, 2.45) is 0 Å². The topological polar surface area (TPSA) is 53.1 Å². The molecule has 0 unspecified atom stereocenters. The van der Waals surface area contributed by atoms with Gasteiger partial charge in [-0.15, -0.1) is 0 Å². The van der Waals surface area contributed by atoms with E-state index in [1.165, 1.54) is 12.1 Å². The molecule has 0 saturated carbocycles. The molecule has 2 rings (SSSR count). The Kier molecular flexibility index (Phi) is 2.41. The van der Waals surface area contributed by atoms with Crippen LogP contribution in [0.15, 0.2) is 24.4 Å². The summed E-state index contributed by atoms with van der Waals surface area (Å²) in [6.07, 6.45) is 2.20. The molecule has 0 atom stereocenters. The van der Waals surface area contributed by atoms with E-state index >= 15 is 0 Å². The molecule has 0 amide bonds. The van der Waals surface area contributed by atoms with Gasteiger partial charge in [0.15, 0.2) is 0 Å². The van der Waals surface area contributed by atoms with Crippen LogP contribution in [0.4, 0.5) is 4.39 Å². The Balaban J connectivity index is 2.35. The van der Waals surface area contributed by atoms with Gasteiger partial charge in [0.05, 0.1) is 0 Å². The van der Waals surface area contributed by atoms with Gasteiger partial charge < -0.3 is 10.1 Å². The first kappa shape index (κ1) is 9.71. The number of carboxylic acid groups (broad SMARTS) is 1. The lowest BCUT2D eigenvalue weighted by atomic mass is 10.1. The molecule has 0 saturated heterocycles. The largest absolute Gasteiger partial charge is 0.481 e. The van der Waals surface area contributed by atoms with Crippen LogP contribution < -0.4 is 0 Å². The molecule has 1 aromatic carbocycles. The number of nitrogens with one attached hydrogen (secondary N) is 1.